The topological polar surface area (TPSA) is 46.2 Å². The average Bonchev–Trinajstić information content (AvgIpc) is 2.74. The molecule has 0 aliphatic carbocycles. The second kappa shape index (κ2) is 10.2. The molecule has 142 valence electrons. The van der Waals surface area contributed by atoms with E-state index in [2.05, 4.69) is 21.2 Å². The lowest BCUT2D eigenvalue weighted by Crippen LogP contribution is -2.31. The fraction of sp³-hybridized carbons (Fsp3) is 0.130. The first-order valence-corrected chi connectivity index (χ1v) is 10.8. The monoisotopic (exact) mass is 453 g/mol. The standard InChI is InChI=1S/C23H20BrNO2S/c24-20-13-11-19(12-14-20)23(18-9-5-2-6-10-18)25-22(27)16-28-15-21(26)17-7-3-1-4-8-17/h1-14,23H,15-16H2,(H,25,27). The Morgan fingerprint density at radius 1 is 0.786 bits per heavy atom. The molecule has 1 amide bonds. The average molecular weight is 454 g/mol. The molecule has 0 bridgehead atoms. The van der Waals surface area contributed by atoms with Gasteiger partial charge in [0.05, 0.1) is 17.5 Å². The van der Waals surface area contributed by atoms with Crippen LogP contribution in [-0.4, -0.2) is 23.2 Å². The van der Waals surface area contributed by atoms with Gasteiger partial charge in [0.15, 0.2) is 5.78 Å². The van der Waals surface area contributed by atoms with Gasteiger partial charge in [0.25, 0.3) is 0 Å². The predicted octanol–water partition coefficient (Wildman–Crippen LogP) is 5.27. The van der Waals surface area contributed by atoms with Gasteiger partial charge in [0.1, 0.15) is 0 Å². The van der Waals surface area contributed by atoms with Crippen LogP contribution in [0.25, 0.3) is 0 Å². The van der Waals surface area contributed by atoms with Crippen LogP contribution < -0.4 is 5.32 Å². The number of benzene rings is 3. The van der Waals surface area contributed by atoms with Gasteiger partial charge in [-0.05, 0) is 23.3 Å². The molecule has 1 unspecified atom stereocenters. The SMILES string of the molecule is O=C(CSCC(=O)c1ccccc1)NC(c1ccccc1)c1ccc(Br)cc1. The number of carbonyl (C=O) groups is 2. The molecule has 0 aliphatic rings. The molecule has 3 aromatic rings. The molecule has 3 aromatic carbocycles. The molecule has 0 saturated carbocycles. The third-order valence-electron chi connectivity index (χ3n) is 4.20. The predicted molar refractivity (Wildman–Crippen MR) is 119 cm³/mol. The van der Waals surface area contributed by atoms with Crippen molar-refractivity contribution >= 4 is 39.4 Å². The molecular weight excluding hydrogens is 434 g/mol. The number of nitrogens with one attached hydrogen (secondary N) is 1. The van der Waals surface area contributed by atoms with Crippen LogP contribution in [0.5, 0.6) is 0 Å². The van der Waals surface area contributed by atoms with Gasteiger partial charge in [-0.15, -0.1) is 11.8 Å². The number of rotatable bonds is 8. The van der Waals surface area contributed by atoms with Crippen LogP contribution in [0.15, 0.2) is 89.4 Å². The van der Waals surface area contributed by atoms with Crippen LogP contribution in [-0.2, 0) is 4.79 Å². The number of carbonyl (C=O) groups excluding carboxylic acids is 2. The van der Waals surface area contributed by atoms with Crippen molar-refractivity contribution in [2.24, 2.45) is 0 Å². The summed E-state index contributed by atoms with van der Waals surface area (Å²) >= 11 is 4.78. The number of amides is 1. The zero-order chi connectivity index (χ0) is 19.8. The van der Waals surface area contributed by atoms with E-state index in [9.17, 15) is 9.59 Å². The Kier molecular flexibility index (Phi) is 7.46. The first-order chi connectivity index (χ1) is 13.6. The van der Waals surface area contributed by atoms with Gasteiger partial charge in [-0.1, -0.05) is 88.7 Å². The summed E-state index contributed by atoms with van der Waals surface area (Å²) in [5.41, 5.74) is 2.70. The van der Waals surface area contributed by atoms with E-state index < -0.39 is 0 Å². The van der Waals surface area contributed by atoms with Crippen molar-refractivity contribution in [2.75, 3.05) is 11.5 Å². The van der Waals surface area contributed by atoms with Gasteiger partial charge in [-0.2, -0.15) is 0 Å². The minimum absolute atomic E-state index is 0.0333. The Morgan fingerprint density at radius 2 is 1.36 bits per heavy atom. The zero-order valence-corrected chi connectivity index (χ0v) is 17.6. The summed E-state index contributed by atoms with van der Waals surface area (Å²) in [5.74, 6) is 0.456. The molecule has 0 heterocycles. The van der Waals surface area contributed by atoms with Gasteiger partial charge in [-0.25, -0.2) is 0 Å². The molecule has 3 rings (SSSR count). The number of hydrogen-bond acceptors (Lipinski definition) is 3. The summed E-state index contributed by atoms with van der Waals surface area (Å²) in [5, 5.41) is 3.10. The summed E-state index contributed by atoms with van der Waals surface area (Å²) in [6.07, 6.45) is 0. The zero-order valence-electron chi connectivity index (χ0n) is 15.2. The quantitative estimate of drug-likeness (QED) is 0.472. The molecule has 0 aliphatic heterocycles. The lowest BCUT2D eigenvalue weighted by molar-refractivity contribution is -0.119. The first-order valence-electron chi connectivity index (χ1n) is 8.89. The lowest BCUT2D eigenvalue weighted by Gasteiger charge is -2.20. The third-order valence-corrected chi connectivity index (χ3v) is 5.66. The first kappa shape index (κ1) is 20.4. The van der Waals surface area contributed by atoms with Gasteiger partial charge < -0.3 is 5.32 Å². The highest BCUT2D eigenvalue weighted by Gasteiger charge is 2.17. The minimum Gasteiger partial charge on any atom is -0.344 e. The molecule has 28 heavy (non-hydrogen) atoms. The van der Waals surface area contributed by atoms with E-state index in [1.807, 2.05) is 72.8 Å². The Morgan fingerprint density at radius 3 is 2.00 bits per heavy atom. The second-order valence-electron chi connectivity index (χ2n) is 6.24. The van der Waals surface area contributed by atoms with E-state index in [4.69, 9.17) is 0 Å². The van der Waals surface area contributed by atoms with Crippen LogP contribution in [0.2, 0.25) is 0 Å². The summed E-state index contributed by atoms with van der Waals surface area (Å²) in [7, 11) is 0. The van der Waals surface area contributed by atoms with Gasteiger partial charge in [0.2, 0.25) is 5.91 Å². The number of hydrogen-bond donors (Lipinski definition) is 1. The summed E-state index contributed by atoms with van der Waals surface area (Å²) in [6.45, 7) is 0. The van der Waals surface area contributed by atoms with Crippen molar-refractivity contribution in [3.63, 3.8) is 0 Å². The van der Waals surface area contributed by atoms with Crippen molar-refractivity contribution in [3.8, 4) is 0 Å². The molecule has 1 N–H and O–H groups in total. The highest BCUT2D eigenvalue weighted by atomic mass is 79.9. The molecule has 1 atom stereocenters. The Hall–Kier alpha value is -2.37. The Labute approximate surface area is 177 Å². The molecule has 0 fully saturated rings. The maximum Gasteiger partial charge on any atom is 0.230 e. The van der Waals surface area contributed by atoms with Gasteiger partial charge >= 0.3 is 0 Å². The van der Waals surface area contributed by atoms with Crippen molar-refractivity contribution in [1.82, 2.24) is 5.32 Å². The maximum absolute atomic E-state index is 12.5. The van der Waals surface area contributed by atoms with E-state index in [1.54, 1.807) is 12.1 Å². The van der Waals surface area contributed by atoms with E-state index in [-0.39, 0.29) is 29.2 Å². The van der Waals surface area contributed by atoms with Crippen LogP contribution in [0.1, 0.15) is 27.5 Å². The van der Waals surface area contributed by atoms with Crippen molar-refractivity contribution in [1.29, 1.82) is 0 Å². The summed E-state index contributed by atoms with van der Waals surface area (Å²) in [4.78, 5) is 24.7. The summed E-state index contributed by atoms with van der Waals surface area (Å²) in [6, 6.07) is 26.7. The molecule has 0 spiro atoms. The third kappa shape index (κ3) is 5.81. The molecular formula is C23H20BrNO2S. The number of halogens is 1. The Bertz CT molecular complexity index is 914. The van der Waals surface area contributed by atoms with E-state index in [1.165, 1.54) is 11.8 Å². The van der Waals surface area contributed by atoms with Crippen LogP contribution in [0, 0.1) is 0 Å². The molecule has 0 saturated heterocycles. The summed E-state index contributed by atoms with van der Waals surface area (Å²) < 4.78 is 0.990. The molecule has 0 aromatic heterocycles. The van der Waals surface area contributed by atoms with Crippen LogP contribution in [0.3, 0.4) is 0 Å². The normalized spacial score (nSPS) is 11.6. The number of ketones is 1. The maximum atomic E-state index is 12.5. The molecule has 0 radical (unpaired) electrons. The van der Waals surface area contributed by atoms with Crippen LogP contribution in [0.4, 0.5) is 0 Å². The van der Waals surface area contributed by atoms with E-state index >= 15 is 0 Å². The number of thioether (sulfide) groups is 1. The van der Waals surface area contributed by atoms with Crippen molar-refractivity contribution in [3.05, 3.63) is 106 Å². The molecule has 3 nitrogen and oxygen atoms in total. The molecule has 5 heteroatoms. The van der Waals surface area contributed by atoms with E-state index in [0.29, 0.717) is 5.56 Å². The largest absolute Gasteiger partial charge is 0.344 e. The van der Waals surface area contributed by atoms with Gasteiger partial charge in [-0.3, -0.25) is 9.59 Å². The number of Topliss-reactive ketones (excluding diaryl/α,β-unsaturated/α-hetero) is 1. The fourth-order valence-electron chi connectivity index (χ4n) is 2.81. The second-order valence-corrected chi connectivity index (χ2v) is 8.15. The highest BCUT2D eigenvalue weighted by molar-refractivity contribution is 9.10. The van der Waals surface area contributed by atoms with Crippen molar-refractivity contribution < 1.29 is 9.59 Å². The van der Waals surface area contributed by atoms with E-state index in [0.717, 1.165) is 15.6 Å². The fourth-order valence-corrected chi connectivity index (χ4v) is 3.79. The van der Waals surface area contributed by atoms with Crippen molar-refractivity contribution in [2.45, 2.75) is 6.04 Å². The van der Waals surface area contributed by atoms with Crippen LogP contribution >= 0.6 is 27.7 Å². The Balaban J connectivity index is 1.61. The minimum atomic E-state index is -0.229. The lowest BCUT2D eigenvalue weighted by atomic mass is 9.99. The highest BCUT2D eigenvalue weighted by Crippen LogP contribution is 2.24. The smallest absolute Gasteiger partial charge is 0.230 e. The van der Waals surface area contributed by atoms with Gasteiger partial charge in [0, 0.05) is 10.0 Å².